The first-order valence-corrected chi connectivity index (χ1v) is 3.20. The van der Waals surface area contributed by atoms with Gasteiger partial charge in [-0.15, -0.1) is 0 Å². The SMILES string of the molecule is COc1cc(C=[NH2+])ccc1O. The zero-order valence-corrected chi connectivity index (χ0v) is 6.24. The van der Waals surface area contributed by atoms with Crippen molar-refractivity contribution in [2.75, 3.05) is 7.11 Å². The van der Waals surface area contributed by atoms with Crippen molar-refractivity contribution in [1.29, 1.82) is 0 Å². The number of phenols is 1. The summed E-state index contributed by atoms with van der Waals surface area (Å²) in [7, 11) is 1.50. The summed E-state index contributed by atoms with van der Waals surface area (Å²) in [6, 6.07) is 4.91. The van der Waals surface area contributed by atoms with Crippen LogP contribution < -0.4 is 10.1 Å². The minimum absolute atomic E-state index is 0.123. The quantitative estimate of drug-likeness (QED) is 0.565. The molecule has 0 amide bonds. The lowest BCUT2D eigenvalue weighted by atomic mass is 10.2. The van der Waals surface area contributed by atoms with E-state index in [-0.39, 0.29) is 5.75 Å². The number of phenolic OH excluding ortho intramolecular Hbond substituents is 1. The molecule has 0 aliphatic carbocycles. The number of nitrogens with two attached hydrogens (primary N) is 1. The Bertz CT molecular complexity index is 271. The van der Waals surface area contributed by atoms with E-state index in [1.165, 1.54) is 19.4 Å². The largest absolute Gasteiger partial charge is 0.504 e. The van der Waals surface area contributed by atoms with Crippen LogP contribution in [0.1, 0.15) is 5.56 Å². The van der Waals surface area contributed by atoms with Crippen LogP contribution in [-0.4, -0.2) is 18.4 Å². The predicted molar refractivity (Wildman–Crippen MR) is 41.8 cm³/mol. The van der Waals surface area contributed by atoms with Crippen molar-refractivity contribution in [1.82, 2.24) is 0 Å². The topological polar surface area (TPSA) is 55.0 Å². The molecule has 0 fully saturated rings. The van der Waals surface area contributed by atoms with Crippen molar-refractivity contribution >= 4 is 6.21 Å². The number of ether oxygens (including phenoxy) is 1. The molecule has 3 heteroatoms. The molecule has 0 aliphatic heterocycles. The monoisotopic (exact) mass is 152 g/mol. The molecule has 1 aromatic rings. The van der Waals surface area contributed by atoms with Gasteiger partial charge < -0.3 is 9.84 Å². The minimum Gasteiger partial charge on any atom is -0.504 e. The normalized spacial score (nSPS) is 9.18. The number of hydrogen-bond acceptors (Lipinski definition) is 2. The third kappa shape index (κ3) is 1.49. The summed E-state index contributed by atoms with van der Waals surface area (Å²) in [6.07, 6.45) is 1.45. The molecule has 0 bridgehead atoms. The average molecular weight is 152 g/mol. The van der Waals surface area contributed by atoms with Crippen LogP contribution in [0, 0.1) is 0 Å². The highest BCUT2D eigenvalue weighted by Crippen LogP contribution is 2.25. The van der Waals surface area contributed by atoms with Crippen molar-refractivity contribution in [3.05, 3.63) is 23.8 Å². The van der Waals surface area contributed by atoms with E-state index >= 15 is 0 Å². The second-order valence-corrected chi connectivity index (χ2v) is 2.10. The standard InChI is InChI=1S/C8H9NO2/c1-11-8-4-6(5-9)2-3-7(8)10/h2-5,9-10H,1H3/p+1. The molecule has 0 spiro atoms. The molecule has 11 heavy (non-hydrogen) atoms. The van der Waals surface area contributed by atoms with E-state index in [2.05, 4.69) is 0 Å². The van der Waals surface area contributed by atoms with Crippen LogP contribution in [0.4, 0.5) is 0 Å². The lowest BCUT2D eigenvalue weighted by Crippen LogP contribution is -2.29. The first-order chi connectivity index (χ1) is 5.27. The highest BCUT2D eigenvalue weighted by molar-refractivity contribution is 5.76. The van der Waals surface area contributed by atoms with E-state index in [0.29, 0.717) is 5.75 Å². The molecular weight excluding hydrogens is 142 g/mol. The molecule has 3 nitrogen and oxygen atoms in total. The highest BCUT2D eigenvalue weighted by Gasteiger charge is 2.00. The molecule has 0 unspecified atom stereocenters. The van der Waals surface area contributed by atoms with Gasteiger partial charge in [-0.05, 0) is 18.2 Å². The van der Waals surface area contributed by atoms with Crippen LogP contribution in [0.2, 0.25) is 0 Å². The number of hydrogen-bond donors (Lipinski definition) is 2. The summed E-state index contributed by atoms with van der Waals surface area (Å²) in [5.74, 6) is 0.558. The summed E-state index contributed by atoms with van der Waals surface area (Å²) in [6.45, 7) is 0. The van der Waals surface area contributed by atoms with Gasteiger partial charge in [0.05, 0.1) is 7.11 Å². The van der Waals surface area contributed by atoms with Gasteiger partial charge in [-0.3, -0.25) is 5.41 Å². The van der Waals surface area contributed by atoms with Gasteiger partial charge in [-0.25, -0.2) is 0 Å². The van der Waals surface area contributed by atoms with Crippen molar-refractivity contribution in [2.45, 2.75) is 0 Å². The molecule has 3 N–H and O–H groups in total. The van der Waals surface area contributed by atoms with Gasteiger partial charge in [0.1, 0.15) is 0 Å². The van der Waals surface area contributed by atoms with Crippen molar-refractivity contribution in [3.8, 4) is 11.5 Å². The van der Waals surface area contributed by atoms with Crippen LogP contribution in [0.25, 0.3) is 0 Å². The van der Waals surface area contributed by atoms with Gasteiger partial charge >= 0.3 is 0 Å². The molecule has 1 rings (SSSR count). The molecule has 0 saturated carbocycles. The van der Waals surface area contributed by atoms with Crippen molar-refractivity contribution < 1.29 is 15.3 Å². The van der Waals surface area contributed by atoms with E-state index in [0.717, 1.165) is 5.56 Å². The second-order valence-electron chi connectivity index (χ2n) is 2.10. The van der Waals surface area contributed by atoms with Gasteiger partial charge in [0.2, 0.25) is 0 Å². The van der Waals surface area contributed by atoms with Gasteiger partial charge in [0, 0.05) is 5.56 Å². The molecule has 0 atom stereocenters. The van der Waals surface area contributed by atoms with Crippen LogP contribution in [-0.2, 0) is 0 Å². The molecule has 58 valence electrons. The highest BCUT2D eigenvalue weighted by atomic mass is 16.5. The van der Waals surface area contributed by atoms with Crippen LogP contribution >= 0.6 is 0 Å². The second kappa shape index (κ2) is 3.05. The fourth-order valence-corrected chi connectivity index (χ4v) is 0.798. The summed E-state index contributed by atoms with van der Waals surface area (Å²) < 4.78 is 4.86. The van der Waals surface area contributed by atoms with Gasteiger partial charge in [-0.1, -0.05) is 0 Å². The molecule has 0 saturated heterocycles. The van der Waals surface area contributed by atoms with E-state index < -0.39 is 0 Å². The summed E-state index contributed by atoms with van der Waals surface area (Å²) >= 11 is 0. The van der Waals surface area contributed by atoms with E-state index in [1.807, 2.05) is 0 Å². The third-order valence-electron chi connectivity index (χ3n) is 1.40. The number of aromatic hydroxyl groups is 1. The fourth-order valence-electron chi connectivity index (χ4n) is 0.798. The predicted octanol–water partition coefficient (Wildman–Crippen LogP) is -0.421. The molecular formula is C8H10NO2+. The third-order valence-corrected chi connectivity index (χ3v) is 1.40. The summed E-state index contributed by atoms with van der Waals surface area (Å²) in [5.41, 5.74) is 0.819. The summed E-state index contributed by atoms with van der Waals surface area (Å²) in [4.78, 5) is 0. The zero-order chi connectivity index (χ0) is 8.27. The maximum atomic E-state index is 9.15. The first-order valence-electron chi connectivity index (χ1n) is 3.20. The van der Waals surface area contributed by atoms with Crippen LogP contribution in [0.15, 0.2) is 18.2 Å². The van der Waals surface area contributed by atoms with Crippen molar-refractivity contribution in [3.63, 3.8) is 0 Å². The molecule has 1 aromatic carbocycles. The van der Waals surface area contributed by atoms with E-state index in [9.17, 15) is 0 Å². The van der Waals surface area contributed by atoms with Gasteiger partial charge in [-0.2, -0.15) is 0 Å². The smallest absolute Gasteiger partial charge is 0.167 e. The number of rotatable bonds is 2. The molecule has 0 aromatic heterocycles. The Morgan fingerprint density at radius 3 is 2.82 bits per heavy atom. The lowest BCUT2D eigenvalue weighted by Gasteiger charge is -2.01. The molecule has 0 radical (unpaired) electrons. The Morgan fingerprint density at radius 1 is 1.55 bits per heavy atom. The lowest BCUT2D eigenvalue weighted by molar-refractivity contribution is -0.104. The molecule has 0 heterocycles. The fraction of sp³-hybridized carbons (Fsp3) is 0.125. The van der Waals surface area contributed by atoms with Gasteiger partial charge in [0.15, 0.2) is 17.7 Å². The Labute approximate surface area is 64.8 Å². The average Bonchev–Trinajstić information content (AvgIpc) is 2.05. The Kier molecular flexibility index (Phi) is 2.11. The van der Waals surface area contributed by atoms with Crippen LogP contribution in [0.3, 0.4) is 0 Å². The molecule has 0 aliphatic rings. The van der Waals surface area contributed by atoms with E-state index in [1.54, 1.807) is 12.1 Å². The minimum atomic E-state index is 0.123. The van der Waals surface area contributed by atoms with Crippen LogP contribution in [0.5, 0.6) is 11.5 Å². The van der Waals surface area contributed by atoms with E-state index in [4.69, 9.17) is 15.3 Å². The Balaban J connectivity index is 3.12. The maximum Gasteiger partial charge on any atom is 0.167 e. The van der Waals surface area contributed by atoms with Crippen molar-refractivity contribution in [2.24, 2.45) is 0 Å². The Morgan fingerprint density at radius 2 is 2.27 bits per heavy atom. The Hall–Kier alpha value is -1.51. The number of methoxy groups -OCH3 is 1. The zero-order valence-electron chi connectivity index (χ0n) is 6.24. The first kappa shape index (κ1) is 7.60. The summed E-state index contributed by atoms with van der Waals surface area (Å²) in [5, 5.41) is 14.4. The maximum absolute atomic E-state index is 9.15. The number of benzene rings is 1. The van der Waals surface area contributed by atoms with Gasteiger partial charge in [0.25, 0.3) is 0 Å².